The molecule has 2 rings (SSSR count). The molecule has 1 atom stereocenters. The first-order valence-electron chi connectivity index (χ1n) is 10.5. The van der Waals surface area contributed by atoms with E-state index >= 15 is 0 Å². The van der Waals surface area contributed by atoms with Crippen molar-refractivity contribution in [3.8, 4) is 11.5 Å². The fourth-order valence-electron chi connectivity index (χ4n) is 3.28. The molecule has 0 saturated carbocycles. The summed E-state index contributed by atoms with van der Waals surface area (Å²) < 4.78 is 37.8. The average molecular weight is 556 g/mol. The van der Waals surface area contributed by atoms with Gasteiger partial charge in [0.1, 0.15) is 24.1 Å². The SMILES string of the molecule is CCNC(=O)C(C)N(Cc1ccc(Br)cc1)C(=O)CN(c1ccc(OC)cc1OC)S(C)(=O)=O. The molecule has 34 heavy (non-hydrogen) atoms. The van der Waals surface area contributed by atoms with Gasteiger partial charge in [-0.2, -0.15) is 0 Å². The van der Waals surface area contributed by atoms with Gasteiger partial charge < -0.3 is 19.7 Å². The van der Waals surface area contributed by atoms with Gasteiger partial charge >= 0.3 is 0 Å². The van der Waals surface area contributed by atoms with Crippen molar-refractivity contribution in [3.05, 3.63) is 52.5 Å². The average Bonchev–Trinajstić information content (AvgIpc) is 2.80. The minimum absolute atomic E-state index is 0.127. The van der Waals surface area contributed by atoms with Crippen molar-refractivity contribution in [2.24, 2.45) is 0 Å². The van der Waals surface area contributed by atoms with Crippen LogP contribution in [-0.4, -0.2) is 64.7 Å². The standard InChI is InChI=1S/C23H30BrN3O6S/c1-6-25-23(29)16(2)26(14-17-7-9-18(24)10-8-17)22(28)15-27(34(5,30)31)20-12-11-19(32-3)13-21(20)33-4/h7-13,16H,6,14-15H2,1-5H3,(H,25,29). The van der Waals surface area contributed by atoms with E-state index in [4.69, 9.17) is 9.47 Å². The number of carbonyl (C=O) groups is 2. The summed E-state index contributed by atoms with van der Waals surface area (Å²) in [4.78, 5) is 27.4. The van der Waals surface area contributed by atoms with Gasteiger partial charge in [0, 0.05) is 23.6 Å². The summed E-state index contributed by atoms with van der Waals surface area (Å²) in [7, 11) is -0.994. The molecule has 0 aliphatic rings. The van der Waals surface area contributed by atoms with Crippen LogP contribution >= 0.6 is 15.9 Å². The van der Waals surface area contributed by atoms with Crippen LogP contribution in [0.5, 0.6) is 11.5 Å². The predicted molar refractivity (Wildman–Crippen MR) is 135 cm³/mol. The first-order valence-corrected chi connectivity index (χ1v) is 13.2. The van der Waals surface area contributed by atoms with Crippen molar-refractivity contribution < 1.29 is 27.5 Å². The number of anilines is 1. The predicted octanol–water partition coefficient (Wildman–Crippen LogP) is 2.79. The third-order valence-electron chi connectivity index (χ3n) is 5.12. The molecule has 11 heteroatoms. The molecule has 0 heterocycles. The molecule has 0 spiro atoms. The van der Waals surface area contributed by atoms with Crippen LogP contribution < -0.4 is 19.1 Å². The molecule has 2 aromatic carbocycles. The number of ether oxygens (including phenoxy) is 2. The van der Waals surface area contributed by atoms with Gasteiger partial charge in [-0.3, -0.25) is 13.9 Å². The summed E-state index contributed by atoms with van der Waals surface area (Å²) in [6.45, 7) is 3.42. The van der Waals surface area contributed by atoms with Gasteiger partial charge in [-0.05, 0) is 43.7 Å². The van der Waals surface area contributed by atoms with Gasteiger partial charge in [0.05, 0.1) is 26.2 Å². The van der Waals surface area contributed by atoms with Crippen molar-refractivity contribution in [2.45, 2.75) is 26.4 Å². The minimum atomic E-state index is -3.88. The van der Waals surface area contributed by atoms with E-state index in [1.807, 2.05) is 24.3 Å². The van der Waals surface area contributed by atoms with Gasteiger partial charge in [-0.15, -0.1) is 0 Å². The molecule has 0 aliphatic heterocycles. The highest BCUT2D eigenvalue weighted by Crippen LogP contribution is 2.33. The Hall–Kier alpha value is -2.79. The number of hydrogen-bond acceptors (Lipinski definition) is 6. The van der Waals surface area contributed by atoms with E-state index in [-0.39, 0.29) is 23.9 Å². The van der Waals surface area contributed by atoms with Crippen molar-refractivity contribution in [1.29, 1.82) is 0 Å². The molecule has 0 radical (unpaired) electrons. The molecule has 0 aliphatic carbocycles. The lowest BCUT2D eigenvalue weighted by molar-refractivity contribution is -0.139. The Labute approximate surface area is 209 Å². The maximum absolute atomic E-state index is 13.5. The van der Waals surface area contributed by atoms with Crippen LogP contribution in [0, 0.1) is 0 Å². The molecule has 0 aromatic heterocycles. The Balaban J connectivity index is 2.44. The summed E-state index contributed by atoms with van der Waals surface area (Å²) in [6, 6.07) is 11.1. The molecular formula is C23H30BrN3O6S. The topological polar surface area (TPSA) is 105 Å². The molecule has 0 bridgehead atoms. The number of rotatable bonds is 11. The van der Waals surface area contributed by atoms with Crippen molar-refractivity contribution >= 4 is 43.5 Å². The second-order valence-electron chi connectivity index (χ2n) is 7.53. The van der Waals surface area contributed by atoms with Crippen LogP contribution in [0.2, 0.25) is 0 Å². The van der Waals surface area contributed by atoms with E-state index < -0.39 is 28.5 Å². The Bertz CT molecular complexity index is 1110. The number of carbonyl (C=O) groups excluding carboxylic acids is 2. The van der Waals surface area contributed by atoms with Crippen LogP contribution in [-0.2, 0) is 26.2 Å². The number of nitrogens with zero attached hydrogens (tertiary/aromatic N) is 2. The highest BCUT2D eigenvalue weighted by molar-refractivity contribution is 9.10. The van der Waals surface area contributed by atoms with E-state index in [0.717, 1.165) is 20.6 Å². The Kier molecular flexibility index (Phi) is 9.75. The van der Waals surface area contributed by atoms with E-state index in [1.54, 1.807) is 19.9 Å². The largest absolute Gasteiger partial charge is 0.497 e. The molecule has 2 amide bonds. The first kappa shape index (κ1) is 27.5. The lowest BCUT2D eigenvalue weighted by Gasteiger charge is -2.31. The van der Waals surface area contributed by atoms with Crippen molar-refractivity contribution in [2.75, 3.05) is 37.9 Å². The van der Waals surface area contributed by atoms with Crippen molar-refractivity contribution in [3.63, 3.8) is 0 Å². The van der Waals surface area contributed by atoms with Gasteiger partial charge in [-0.1, -0.05) is 28.1 Å². The maximum Gasteiger partial charge on any atom is 0.244 e. The number of halogens is 1. The summed E-state index contributed by atoms with van der Waals surface area (Å²) in [5, 5.41) is 2.72. The van der Waals surface area contributed by atoms with Crippen LogP contribution in [0.15, 0.2) is 46.9 Å². The molecule has 0 saturated heterocycles. The van der Waals surface area contributed by atoms with E-state index in [9.17, 15) is 18.0 Å². The number of hydrogen-bond donors (Lipinski definition) is 1. The quantitative estimate of drug-likeness (QED) is 0.457. The van der Waals surface area contributed by atoms with Crippen LogP contribution in [0.1, 0.15) is 19.4 Å². The summed E-state index contributed by atoms with van der Waals surface area (Å²) >= 11 is 3.38. The summed E-state index contributed by atoms with van der Waals surface area (Å²) in [6.07, 6.45) is 1.01. The molecule has 9 nitrogen and oxygen atoms in total. The van der Waals surface area contributed by atoms with Gasteiger partial charge in [0.25, 0.3) is 0 Å². The Morgan fingerprint density at radius 3 is 2.26 bits per heavy atom. The van der Waals surface area contributed by atoms with E-state index in [0.29, 0.717) is 12.3 Å². The second kappa shape index (κ2) is 12.1. The number of likely N-dealkylation sites (N-methyl/N-ethyl adjacent to an activating group) is 1. The third kappa shape index (κ3) is 7.10. The highest BCUT2D eigenvalue weighted by atomic mass is 79.9. The fourth-order valence-corrected chi connectivity index (χ4v) is 4.39. The van der Waals surface area contributed by atoms with Gasteiger partial charge in [-0.25, -0.2) is 8.42 Å². The number of benzene rings is 2. The summed E-state index contributed by atoms with van der Waals surface area (Å²) in [5.41, 5.74) is 0.981. The van der Waals surface area contributed by atoms with Crippen LogP contribution in [0.4, 0.5) is 5.69 Å². The Morgan fingerprint density at radius 2 is 1.74 bits per heavy atom. The molecular weight excluding hydrogens is 526 g/mol. The van der Waals surface area contributed by atoms with Gasteiger partial charge in [0.15, 0.2) is 0 Å². The minimum Gasteiger partial charge on any atom is -0.497 e. The maximum atomic E-state index is 13.5. The molecule has 1 unspecified atom stereocenters. The number of sulfonamides is 1. The number of amides is 2. The Morgan fingerprint density at radius 1 is 1.09 bits per heavy atom. The van der Waals surface area contributed by atoms with Crippen LogP contribution in [0.25, 0.3) is 0 Å². The van der Waals surface area contributed by atoms with E-state index in [2.05, 4.69) is 21.2 Å². The lowest BCUT2D eigenvalue weighted by Crippen LogP contribution is -2.51. The smallest absolute Gasteiger partial charge is 0.244 e. The summed E-state index contributed by atoms with van der Waals surface area (Å²) in [5.74, 6) is -0.165. The second-order valence-corrected chi connectivity index (χ2v) is 10.3. The van der Waals surface area contributed by atoms with Crippen molar-refractivity contribution in [1.82, 2.24) is 10.2 Å². The number of methoxy groups -OCH3 is 2. The zero-order chi connectivity index (χ0) is 25.5. The molecule has 186 valence electrons. The zero-order valence-corrected chi connectivity index (χ0v) is 22.3. The molecule has 0 fully saturated rings. The monoisotopic (exact) mass is 555 g/mol. The van der Waals surface area contributed by atoms with E-state index in [1.165, 1.54) is 31.3 Å². The zero-order valence-electron chi connectivity index (χ0n) is 19.9. The van der Waals surface area contributed by atoms with Gasteiger partial charge in [0.2, 0.25) is 21.8 Å². The highest BCUT2D eigenvalue weighted by Gasteiger charge is 2.31. The lowest BCUT2D eigenvalue weighted by atomic mass is 10.1. The fraction of sp³-hybridized carbons (Fsp3) is 0.391. The normalized spacial score (nSPS) is 11.9. The molecule has 1 N–H and O–H groups in total. The third-order valence-corrected chi connectivity index (χ3v) is 6.77. The first-order chi connectivity index (χ1) is 16.0. The van der Waals surface area contributed by atoms with Crippen LogP contribution in [0.3, 0.4) is 0 Å². The number of nitrogens with one attached hydrogen (secondary N) is 1. The molecule has 2 aromatic rings.